The zero-order chi connectivity index (χ0) is 10.8. The van der Waals surface area contributed by atoms with Crippen LogP contribution in [0.15, 0.2) is 4.99 Å². The molecule has 0 aromatic carbocycles. The Kier molecular flexibility index (Phi) is 8.27. The molecule has 0 unspecified atom stereocenters. The van der Waals surface area contributed by atoms with Crippen LogP contribution >= 0.6 is 0 Å². The van der Waals surface area contributed by atoms with Crippen LogP contribution in [0.25, 0.3) is 0 Å². The van der Waals surface area contributed by atoms with E-state index in [2.05, 4.69) is 15.2 Å². The highest BCUT2D eigenvalue weighted by atomic mass is 16.5. The predicted octanol–water partition coefficient (Wildman–Crippen LogP) is -0.511. The van der Waals surface area contributed by atoms with Gasteiger partial charge in [0.25, 0.3) is 0 Å². The summed E-state index contributed by atoms with van der Waals surface area (Å²) in [5, 5.41) is 2.96. The number of rotatable bonds is 7. The number of ether oxygens (including phenoxy) is 1. The largest absolute Gasteiger partial charge is 0.383 e. The SMILES string of the molecule is COCCNC(N)=NCCCN(C)C. The first-order valence-corrected chi connectivity index (χ1v) is 4.84. The minimum Gasteiger partial charge on any atom is -0.383 e. The Labute approximate surface area is 86.3 Å². The number of hydrogen-bond donors (Lipinski definition) is 2. The van der Waals surface area contributed by atoms with E-state index in [4.69, 9.17) is 10.5 Å². The molecule has 0 aromatic rings. The molecule has 0 saturated heterocycles. The van der Waals surface area contributed by atoms with E-state index in [1.165, 1.54) is 0 Å². The van der Waals surface area contributed by atoms with E-state index in [0.717, 1.165) is 19.5 Å². The van der Waals surface area contributed by atoms with Gasteiger partial charge in [-0.15, -0.1) is 0 Å². The average Bonchev–Trinajstić information content (AvgIpc) is 2.13. The Morgan fingerprint density at radius 2 is 2.21 bits per heavy atom. The number of nitrogens with two attached hydrogens (primary N) is 1. The Morgan fingerprint density at radius 1 is 1.50 bits per heavy atom. The summed E-state index contributed by atoms with van der Waals surface area (Å²) in [5.41, 5.74) is 5.60. The lowest BCUT2D eigenvalue weighted by Gasteiger charge is -2.08. The predicted molar refractivity (Wildman–Crippen MR) is 59.5 cm³/mol. The van der Waals surface area contributed by atoms with Gasteiger partial charge < -0.3 is 20.7 Å². The monoisotopic (exact) mass is 202 g/mol. The molecule has 3 N–H and O–H groups in total. The molecule has 0 radical (unpaired) electrons. The van der Waals surface area contributed by atoms with E-state index in [1.807, 2.05) is 14.1 Å². The molecule has 0 bridgehead atoms. The lowest BCUT2D eigenvalue weighted by Crippen LogP contribution is -2.34. The number of methoxy groups -OCH3 is 1. The van der Waals surface area contributed by atoms with Crippen molar-refractivity contribution in [2.24, 2.45) is 10.7 Å². The summed E-state index contributed by atoms with van der Waals surface area (Å²) < 4.78 is 4.87. The average molecular weight is 202 g/mol. The van der Waals surface area contributed by atoms with E-state index in [1.54, 1.807) is 7.11 Å². The maximum absolute atomic E-state index is 5.60. The number of guanidine groups is 1. The van der Waals surface area contributed by atoms with Crippen LogP contribution in [-0.4, -0.2) is 58.3 Å². The molecular formula is C9H22N4O. The second kappa shape index (κ2) is 8.77. The van der Waals surface area contributed by atoms with Crippen molar-refractivity contribution in [3.05, 3.63) is 0 Å². The number of nitrogens with one attached hydrogen (secondary N) is 1. The normalized spacial score (nSPS) is 12.1. The lowest BCUT2D eigenvalue weighted by atomic mass is 10.4. The van der Waals surface area contributed by atoms with Gasteiger partial charge in [-0.1, -0.05) is 0 Å². The molecule has 0 aliphatic rings. The minimum atomic E-state index is 0.501. The number of aliphatic imine (C=N–C) groups is 1. The molecule has 0 spiro atoms. The third kappa shape index (κ3) is 9.28. The van der Waals surface area contributed by atoms with E-state index >= 15 is 0 Å². The number of nitrogens with zero attached hydrogens (tertiary/aromatic N) is 2. The molecule has 5 nitrogen and oxygen atoms in total. The Hall–Kier alpha value is -0.810. The third-order valence-corrected chi connectivity index (χ3v) is 1.66. The number of hydrogen-bond acceptors (Lipinski definition) is 3. The maximum atomic E-state index is 5.60. The highest BCUT2D eigenvalue weighted by Crippen LogP contribution is 1.83. The molecule has 0 fully saturated rings. The summed E-state index contributed by atoms with van der Waals surface area (Å²) in [6.45, 7) is 3.16. The van der Waals surface area contributed by atoms with Gasteiger partial charge in [0, 0.05) is 20.2 Å². The van der Waals surface area contributed by atoms with E-state index in [9.17, 15) is 0 Å². The summed E-state index contributed by atoms with van der Waals surface area (Å²) >= 11 is 0. The highest BCUT2D eigenvalue weighted by Gasteiger charge is 1.91. The quantitative estimate of drug-likeness (QED) is 0.331. The summed E-state index contributed by atoms with van der Waals surface area (Å²) in [5.74, 6) is 0.501. The Morgan fingerprint density at radius 3 is 2.79 bits per heavy atom. The molecule has 0 saturated carbocycles. The van der Waals surface area contributed by atoms with Crippen molar-refractivity contribution in [2.75, 3.05) is 47.4 Å². The summed E-state index contributed by atoms with van der Waals surface area (Å²) in [6.07, 6.45) is 1.03. The first-order chi connectivity index (χ1) is 6.66. The molecule has 84 valence electrons. The van der Waals surface area contributed by atoms with Crippen molar-refractivity contribution in [2.45, 2.75) is 6.42 Å². The second-order valence-electron chi connectivity index (χ2n) is 3.34. The summed E-state index contributed by atoms with van der Waals surface area (Å²) in [4.78, 5) is 6.30. The van der Waals surface area contributed by atoms with E-state index in [0.29, 0.717) is 19.1 Å². The Bertz CT molecular complexity index is 159. The fourth-order valence-corrected chi connectivity index (χ4v) is 0.924. The lowest BCUT2D eigenvalue weighted by molar-refractivity contribution is 0.204. The van der Waals surface area contributed by atoms with Crippen LogP contribution in [0.2, 0.25) is 0 Å². The first kappa shape index (κ1) is 13.2. The molecule has 0 aliphatic heterocycles. The minimum absolute atomic E-state index is 0.501. The van der Waals surface area contributed by atoms with Crippen molar-refractivity contribution >= 4 is 5.96 Å². The van der Waals surface area contributed by atoms with Gasteiger partial charge in [0.05, 0.1) is 6.61 Å². The molecule has 0 heterocycles. The summed E-state index contributed by atoms with van der Waals surface area (Å²) in [7, 11) is 5.75. The molecule has 0 rings (SSSR count). The van der Waals surface area contributed by atoms with Crippen LogP contribution in [0.1, 0.15) is 6.42 Å². The van der Waals surface area contributed by atoms with Crippen molar-refractivity contribution in [1.29, 1.82) is 0 Å². The first-order valence-electron chi connectivity index (χ1n) is 4.84. The molecule has 5 heteroatoms. The van der Waals surface area contributed by atoms with Crippen LogP contribution in [-0.2, 0) is 4.74 Å². The van der Waals surface area contributed by atoms with E-state index in [-0.39, 0.29) is 0 Å². The van der Waals surface area contributed by atoms with Gasteiger partial charge in [-0.2, -0.15) is 0 Å². The topological polar surface area (TPSA) is 62.9 Å². The molecule has 0 amide bonds. The molecular weight excluding hydrogens is 180 g/mol. The van der Waals surface area contributed by atoms with Gasteiger partial charge in [-0.05, 0) is 27.1 Å². The van der Waals surface area contributed by atoms with Gasteiger partial charge in [0.2, 0.25) is 0 Å². The standard InChI is InChI=1S/C9H22N4O/c1-13(2)7-4-5-11-9(10)12-6-8-14-3/h4-8H2,1-3H3,(H3,10,11,12). The van der Waals surface area contributed by atoms with Crippen molar-refractivity contribution in [3.8, 4) is 0 Å². The molecule has 0 aromatic heterocycles. The molecule has 0 atom stereocenters. The van der Waals surface area contributed by atoms with Gasteiger partial charge in [-0.25, -0.2) is 0 Å². The van der Waals surface area contributed by atoms with Crippen LogP contribution in [0.4, 0.5) is 0 Å². The van der Waals surface area contributed by atoms with Crippen LogP contribution < -0.4 is 11.1 Å². The van der Waals surface area contributed by atoms with Crippen molar-refractivity contribution in [1.82, 2.24) is 10.2 Å². The maximum Gasteiger partial charge on any atom is 0.188 e. The fraction of sp³-hybridized carbons (Fsp3) is 0.889. The van der Waals surface area contributed by atoms with Crippen LogP contribution in [0, 0.1) is 0 Å². The van der Waals surface area contributed by atoms with Gasteiger partial charge in [0.1, 0.15) is 0 Å². The second-order valence-corrected chi connectivity index (χ2v) is 3.34. The van der Waals surface area contributed by atoms with Crippen LogP contribution in [0.5, 0.6) is 0 Å². The smallest absolute Gasteiger partial charge is 0.188 e. The Balaban J connectivity index is 3.36. The van der Waals surface area contributed by atoms with Gasteiger partial charge >= 0.3 is 0 Å². The van der Waals surface area contributed by atoms with Gasteiger partial charge in [-0.3, -0.25) is 4.99 Å². The van der Waals surface area contributed by atoms with E-state index < -0.39 is 0 Å². The third-order valence-electron chi connectivity index (χ3n) is 1.66. The zero-order valence-electron chi connectivity index (χ0n) is 9.42. The van der Waals surface area contributed by atoms with Crippen molar-refractivity contribution < 1.29 is 4.74 Å². The van der Waals surface area contributed by atoms with Crippen molar-refractivity contribution in [3.63, 3.8) is 0 Å². The molecule has 0 aliphatic carbocycles. The van der Waals surface area contributed by atoms with Gasteiger partial charge in [0.15, 0.2) is 5.96 Å². The van der Waals surface area contributed by atoms with Crippen LogP contribution in [0.3, 0.4) is 0 Å². The summed E-state index contributed by atoms with van der Waals surface area (Å²) in [6, 6.07) is 0. The fourth-order valence-electron chi connectivity index (χ4n) is 0.924. The zero-order valence-corrected chi connectivity index (χ0v) is 9.42. The molecule has 14 heavy (non-hydrogen) atoms. The highest BCUT2D eigenvalue weighted by molar-refractivity contribution is 5.77.